The van der Waals surface area contributed by atoms with Crippen molar-refractivity contribution in [3.05, 3.63) is 42.6 Å². The Kier molecular flexibility index (Phi) is 3.24. The number of nitrogens with one attached hydrogen (secondary N) is 1. The maximum Gasteiger partial charge on any atom is 0.331 e. The van der Waals surface area contributed by atoms with Gasteiger partial charge < -0.3 is 14.9 Å². The van der Waals surface area contributed by atoms with Gasteiger partial charge >= 0.3 is 5.69 Å². The van der Waals surface area contributed by atoms with Gasteiger partial charge in [-0.3, -0.25) is 14.3 Å². The van der Waals surface area contributed by atoms with Crippen LogP contribution in [0.4, 0.5) is 0 Å². The van der Waals surface area contributed by atoms with E-state index in [-0.39, 0.29) is 12.2 Å². The van der Waals surface area contributed by atoms with Gasteiger partial charge in [0.2, 0.25) is 0 Å². The number of hydrogen-bond acceptors (Lipinski definition) is 5. The first kappa shape index (κ1) is 12.2. The summed E-state index contributed by atoms with van der Waals surface area (Å²) in [6, 6.07) is 0. The average Bonchev–Trinajstić information content (AvgIpc) is 2.65. The van der Waals surface area contributed by atoms with Crippen molar-refractivity contribution < 1.29 is 14.9 Å². The van der Waals surface area contributed by atoms with Crippen molar-refractivity contribution in [1.29, 1.82) is 0 Å². The highest BCUT2D eigenvalue weighted by Crippen LogP contribution is 2.29. The fourth-order valence-corrected chi connectivity index (χ4v) is 1.99. The highest BCUT2D eigenvalue weighted by Gasteiger charge is 2.31. The van der Waals surface area contributed by atoms with Crippen LogP contribution in [0.15, 0.2) is 27.8 Å². The maximum absolute atomic E-state index is 11.5. The molecular formula is C9H9IN2O5. The molecule has 0 amide bonds. The van der Waals surface area contributed by atoms with E-state index in [0.29, 0.717) is 9.83 Å². The van der Waals surface area contributed by atoms with Crippen LogP contribution in [-0.2, 0) is 4.74 Å². The molecule has 8 heteroatoms. The van der Waals surface area contributed by atoms with E-state index in [0.717, 1.165) is 0 Å². The Bertz CT molecular complexity index is 575. The standard InChI is InChI=1S/C9H9IN2O5/c10-4-2-12(9(16)11-8(4)15)7-1-5(14)6(3-13)17-7/h2-3,5,7,13-14H,1H2,(H,11,15,16)/b6-3+. The summed E-state index contributed by atoms with van der Waals surface area (Å²) in [5, 5.41) is 18.3. The van der Waals surface area contributed by atoms with E-state index in [2.05, 4.69) is 4.98 Å². The molecule has 0 bridgehead atoms. The number of halogens is 1. The van der Waals surface area contributed by atoms with Crippen LogP contribution < -0.4 is 11.2 Å². The number of aromatic amines is 1. The molecule has 92 valence electrons. The molecule has 0 radical (unpaired) electrons. The van der Waals surface area contributed by atoms with E-state index in [4.69, 9.17) is 9.84 Å². The first-order chi connectivity index (χ1) is 8.02. The van der Waals surface area contributed by atoms with Crippen LogP contribution in [0.3, 0.4) is 0 Å². The Labute approximate surface area is 108 Å². The third-order valence-corrected chi connectivity index (χ3v) is 3.16. The van der Waals surface area contributed by atoms with Gasteiger partial charge in [-0.1, -0.05) is 0 Å². The Hall–Kier alpha value is -1.29. The van der Waals surface area contributed by atoms with Gasteiger partial charge in [0.25, 0.3) is 5.56 Å². The van der Waals surface area contributed by atoms with E-state index < -0.39 is 23.6 Å². The summed E-state index contributed by atoms with van der Waals surface area (Å²) in [6.45, 7) is 0. The van der Waals surface area contributed by atoms with Crippen molar-refractivity contribution in [2.24, 2.45) is 0 Å². The Morgan fingerprint density at radius 3 is 2.88 bits per heavy atom. The van der Waals surface area contributed by atoms with Crippen molar-refractivity contribution in [3.63, 3.8) is 0 Å². The summed E-state index contributed by atoms with van der Waals surface area (Å²) in [7, 11) is 0. The van der Waals surface area contributed by atoms with Gasteiger partial charge in [0.1, 0.15) is 12.4 Å². The smallest absolute Gasteiger partial charge is 0.331 e. The van der Waals surface area contributed by atoms with E-state index in [9.17, 15) is 14.7 Å². The maximum atomic E-state index is 11.5. The molecular weight excluding hydrogens is 343 g/mol. The van der Waals surface area contributed by atoms with Crippen LogP contribution >= 0.6 is 22.6 Å². The van der Waals surface area contributed by atoms with Crippen molar-refractivity contribution in [1.82, 2.24) is 9.55 Å². The van der Waals surface area contributed by atoms with Gasteiger partial charge in [-0.05, 0) is 22.6 Å². The van der Waals surface area contributed by atoms with E-state index in [1.165, 1.54) is 10.8 Å². The molecule has 0 aromatic carbocycles. The Morgan fingerprint density at radius 1 is 1.59 bits per heavy atom. The second-order valence-corrected chi connectivity index (χ2v) is 4.66. The molecule has 0 aliphatic carbocycles. The largest absolute Gasteiger partial charge is 0.512 e. The number of H-pyrrole nitrogens is 1. The molecule has 1 aliphatic rings. The summed E-state index contributed by atoms with van der Waals surface area (Å²) >= 11 is 1.79. The molecule has 0 saturated carbocycles. The first-order valence-corrected chi connectivity index (χ1v) is 5.80. The van der Waals surface area contributed by atoms with Gasteiger partial charge in [-0.2, -0.15) is 0 Å². The molecule has 1 saturated heterocycles. The normalized spacial score (nSPS) is 26.1. The molecule has 2 atom stereocenters. The number of ether oxygens (including phenoxy) is 1. The lowest BCUT2D eigenvalue weighted by Crippen LogP contribution is -2.33. The van der Waals surface area contributed by atoms with Crippen LogP contribution in [0.5, 0.6) is 0 Å². The molecule has 1 fully saturated rings. The number of aromatic nitrogens is 2. The minimum absolute atomic E-state index is 0.00288. The van der Waals surface area contributed by atoms with Crippen molar-refractivity contribution in [2.45, 2.75) is 18.8 Å². The number of nitrogens with zero attached hydrogens (tertiary/aromatic N) is 1. The van der Waals surface area contributed by atoms with E-state index in [1.54, 1.807) is 22.6 Å². The Balaban J connectivity index is 2.40. The van der Waals surface area contributed by atoms with E-state index in [1.807, 2.05) is 0 Å². The minimum Gasteiger partial charge on any atom is -0.512 e. The fraction of sp³-hybridized carbons (Fsp3) is 0.333. The summed E-state index contributed by atoms with van der Waals surface area (Å²) in [5.41, 5.74) is -1.09. The summed E-state index contributed by atoms with van der Waals surface area (Å²) in [6.07, 6.45) is 0.447. The third-order valence-electron chi connectivity index (χ3n) is 2.39. The van der Waals surface area contributed by atoms with Crippen LogP contribution in [0.2, 0.25) is 0 Å². The Morgan fingerprint density at radius 2 is 2.29 bits per heavy atom. The molecule has 2 rings (SSSR count). The number of aliphatic hydroxyl groups is 2. The highest BCUT2D eigenvalue weighted by molar-refractivity contribution is 14.1. The summed E-state index contributed by atoms with van der Waals surface area (Å²) < 4.78 is 6.69. The molecule has 17 heavy (non-hydrogen) atoms. The summed E-state index contributed by atoms with van der Waals surface area (Å²) in [4.78, 5) is 24.8. The lowest BCUT2D eigenvalue weighted by molar-refractivity contribution is 0.0875. The van der Waals surface area contributed by atoms with Crippen molar-refractivity contribution >= 4 is 22.6 Å². The summed E-state index contributed by atoms with van der Waals surface area (Å²) in [5.74, 6) is 0.00288. The average molecular weight is 352 g/mol. The van der Waals surface area contributed by atoms with Crippen LogP contribution in [0.25, 0.3) is 0 Å². The van der Waals surface area contributed by atoms with Gasteiger partial charge in [-0.25, -0.2) is 4.79 Å². The SMILES string of the molecule is O=c1[nH]c(=O)n(C2CC(O)/C(=C\O)O2)cc1I. The molecule has 1 aliphatic heterocycles. The predicted octanol–water partition coefficient (Wildman–Crippen LogP) is -0.180. The monoisotopic (exact) mass is 352 g/mol. The minimum atomic E-state index is -0.957. The zero-order valence-electron chi connectivity index (χ0n) is 8.46. The zero-order valence-corrected chi connectivity index (χ0v) is 10.6. The van der Waals surface area contributed by atoms with Gasteiger partial charge in [0, 0.05) is 12.6 Å². The first-order valence-electron chi connectivity index (χ1n) is 4.73. The number of rotatable bonds is 1. The molecule has 1 aromatic rings. The van der Waals surface area contributed by atoms with Crippen molar-refractivity contribution in [2.75, 3.05) is 0 Å². The fourth-order valence-electron chi connectivity index (χ4n) is 1.55. The quantitative estimate of drug-likeness (QED) is 0.481. The van der Waals surface area contributed by atoms with E-state index >= 15 is 0 Å². The molecule has 0 spiro atoms. The molecule has 2 unspecified atom stereocenters. The van der Waals surface area contributed by atoms with Gasteiger partial charge in [0.15, 0.2) is 12.0 Å². The molecule has 3 N–H and O–H groups in total. The topological polar surface area (TPSA) is 105 Å². The van der Waals surface area contributed by atoms with Crippen LogP contribution in [-0.4, -0.2) is 25.9 Å². The molecule has 2 heterocycles. The van der Waals surface area contributed by atoms with Gasteiger partial charge in [-0.15, -0.1) is 0 Å². The highest BCUT2D eigenvalue weighted by atomic mass is 127. The van der Waals surface area contributed by atoms with Crippen LogP contribution in [0, 0.1) is 3.57 Å². The van der Waals surface area contributed by atoms with Crippen molar-refractivity contribution in [3.8, 4) is 0 Å². The molecule has 7 nitrogen and oxygen atoms in total. The number of aliphatic hydroxyl groups excluding tert-OH is 2. The zero-order chi connectivity index (χ0) is 12.6. The lowest BCUT2D eigenvalue weighted by atomic mass is 10.2. The second kappa shape index (κ2) is 4.53. The van der Waals surface area contributed by atoms with Gasteiger partial charge in [0.05, 0.1) is 3.57 Å². The van der Waals surface area contributed by atoms with Crippen LogP contribution in [0.1, 0.15) is 12.6 Å². The lowest BCUT2D eigenvalue weighted by Gasteiger charge is -2.12. The molecule has 1 aromatic heterocycles. The third kappa shape index (κ3) is 2.22. The second-order valence-electron chi connectivity index (χ2n) is 3.50. The number of hydrogen-bond donors (Lipinski definition) is 3. The predicted molar refractivity (Wildman–Crippen MR) is 65.5 cm³/mol.